The summed E-state index contributed by atoms with van der Waals surface area (Å²) in [6.45, 7) is 0.403. The molecule has 2 amide bonds. The van der Waals surface area contributed by atoms with Crippen molar-refractivity contribution in [2.75, 3.05) is 18.6 Å². The van der Waals surface area contributed by atoms with Gasteiger partial charge in [-0.3, -0.25) is 9.59 Å². The zero-order valence-electron chi connectivity index (χ0n) is 11.7. The molecule has 1 aliphatic heterocycles. The molecule has 0 aliphatic carbocycles. The standard InChI is InChI=1S/C14H17N3O4/c1-21-11(18)9-5-2-3-6-10(9)17-8-4-7-14(17,12(15)19)13(16)20/h2-3,5-6H,4,7-8H2,1H3,(H2,15,19)(H2,16,20). The van der Waals surface area contributed by atoms with Gasteiger partial charge in [-0.15, -0.1) is 0 Å². The highest BCUT2D eigenvalue weighted by Gasteiger charge is 2.52. The molecule has 0 radical (unpaired) electrons. The third kappa shape index (κ3) is 2.20. The van der Waals surface area contributed by atoms with Crippen LogP contribution in [0.3, 0.4) is 0 Å². The maximum atomic E-state index is 11.9. The fourth-order valence-electron chi connectivity index (χ4n) is 2.77. The molecule has 7 heteroatoms. The van der Waals surface area contributed by atoms with Gasteiger partial charge in [0.15, 0.2) is 5.54 Å². The van der Waals surface area contributed by atoms with E-state index in [1.54, 1.807) is 24.3 Å². The number of hydrogen-bond acceptors (Lipinski definition) is 5. The van der Waals surface area contributed by atoms with E-state index < -0.39 is 23.3 Å². The number of hydrogen-bond donors (Lipinski definition) is 2. The molecular formula is C14H17N3O4. The van der Waals surface area contributed by atoms with Crippen molar-refractivity contribution in [3.05, 3.63) is 29.8 Å². The molecule has 1 aliphatic rings. The second-order valence-electron chi connectivity index (χ2n) is 4.85. The summed E-state index contributed by atoms with van der Waals surface area (Å²) in [6.07, 6.45) is 0.800. The number of carbonyl (C=O) groups excluding carboxylic acids is 3. The van der Waals surface area contributed by atoms with Gasteiger partial charge in [-0.1, -0.05) is 12.1 Å². The van der Waals surface area contributed by atoms with Gasteiger partial charge in [-0.05, 0) is 25.0 Å². The van der Waals surface area contributed by atoms with Gasteiger partial charge in [-0.2, -0.15) is 0 Å². The van der Waals surface area contributed by atoms with Gasteiger partial charge >= 0.3 is 5.97 Å². The molecule has 0 atom stereocenters. The number of rotatable bonds is 4. The number of esters is 1. The second kappa shape index (κ2) is 5.43. The van der Waals surface area contributed by atoms with E-state index in [-0.39, 0.29) is 12.0 Å². The first-order valence-corrected chi connectivity index (χ1v) is 6.50. The van der Waals surface area contributed by atoms with Crippen molar-refractivity contribution < 1.29 is 19.1 Å². The average Bonchev–Trinajstić information content (AvgIpc) is 2.92. The molecule has 2 rings (SSSR count). The van der Waals surface area contributed by atoms with Crippen LogP contribution >= 0.6 is 0 Å². The number of para-hydroxylation sites is 1. The predicted molar refractivity (Wildman–Crippen MR) is 75.5 cm³/mol. The van der Waals surface area contributed by atoms with Gasteiger partial charge in [0.1, 0.15) is 0 Å². The van der Waals surface area contributed by atoms with Crippen LogP contribution in [0.1, 0.15) is 23.2 Å². The SMILES string of the molecule is COC(=O)c1ccccc1N1CCCC1(C(N)=O)C(N)=O. The molecule has 21 heavy (non-hydrogen) atoms. The first kappa shape index (κ1) is 14.8. The van der Waals surface area contributed by atoms with E-state index in [9.17, 15) is 14.4 Å². The van der Waals surface area contributed by atoms with Gasteiger partial charge in [0.2, 0.25) is 0 Å². The molecule has 0 bridgehead atoms. The fourth-order valence-corrected chi connectivity index (χ4v) is 2.77. The molecule has 1 saturated heterocycles. The summed E-state index contributed by atoms with van der Waals surface area (Å²) in [5.74, 6) is -2.18. The summed E-state index contributed by atoms with van der Waals surface area (Å²) in [6, 6.07) is 6.57. The van der Waals surface area contributed by atoms with Crippen molar-refractivity contribution in [3.8, 4) is 0 Å². The Balaban J connectivity index is 2.58. The maximum absolute atomic E-state index is 11.9. The number of nitrogens with two attached hydrogens (primary N) is 2. The molecule has 4 N–H and O–H groups in total. The lowest BCUT2D eigenvalue weighted by atomic mass is 9.93. The molecule has 0 unspecified atom stereocenters. The lowest BCUT2D eigenvalue weighted by Crippen LogP contribution is -2.62. The number of ether oxygens (including phenoxy) is 1. The Morgan fingerprint density at radius 1 is 1.19 bits per heavy atom. The van der Waals surface area contributed by atoms with E-state index in [1.807, 2.05) is 0 Å². The summed E-state index contributed by atoms with van der Waals surface area (Å²) in [5, 5.41) is 0. The van der Waals surface area contributed by atoms with Gasteiger partial charge in [0.25, 0.3) is 11.8 Å². The number of anilines is 1. The van der Waals surface area contributed by atoms with Crippen molar-refractivity contribution in [1.29, 1.82) is 0 Å². The Bertz CT molecular complexity index is 586. The van der Waals surface area contributed by atoms with Crippen LogP contribution in [-0.4, -0.2) is 37.0 Å². The van der Waals surface area contributed by atoms with Crippen molar-refractivity contribution in [2.45, 2.75) is 18.4 Å². The molecule has 0 aromatic heterocycles. The summed E-state index contributed by atoms with van der Waals surface area (Å²) >= 11 is 0. The monoisotopic (exact) mass is 291 g/mol. The highest BCUT2D eigenvalue weighted by atomic mass is 16.5. The summed E-state index contributed by atoms with van der Waals surface area (Å²) in [5.41, 5.74) is 9.91. The highest BCUT2D eigenvalue weighted by molar-refractivity contribution is 6.13. The normalized spacial score (nSPS) is 16.5. The lowest BCUT2D eigenvalue weighted by Gasteiger charge is -2.35. The summed E-state index contributed by atoms with van der Waals surface area (Å²) in [7, 11) is 1.26. The van der Waals surface area contributed by atoms with Crippen molar-refractivity contribution in [1.82, 2.24) is 0 Å². The van der Waals surface area contributed by atoms with E-state index in [0.717, 1.165) is 0 Å². The van der Waals surface area contributed by atoms with Crippen LogP contribution in [0.2, 0.25) is 0 Å². The van der Waals surface area contributed by atoms with Gasteiger partial charge in [-0.25, -0.2) is 4.79 Å². The van der Waals surface area contributed by atoms with Gasteiger partial charge < -0.3 is 21.1 Å². The minimum absolute atomic E-state index is 0.229. The fraction of sp³-hybridized carbons (Fsp3) is 0.357. The first-order valence-electron chi connectivity index (χ1n) is 6.50. The molecule has 7 nitrogen and oxygen atoms in total. The third-order valence-corrected chi connectivity index (χ3v) is 3.80. The van der Waals surface area contributed by atoms with Crippen LogP contribution < -0.4 is 16.4 Å². The minimum atomic E-state index is -1.61. The largest absolute Gasteiger partial charge is 0.465 e. The Kier molecular flexibility index (Phi) is 3.84. The van der Waals surface area contributed by atoms with E-state index in [1.165, 1.54) is 12.0 Å². The lowest BCUT2D eigenvalue weighted by molar-refractivity contribution is -0.133. The van der Waals surface area contributed by atoms with Crippen LogP contribution in [0.5, 0.6) is 0 Å². The van der Waals surface area contributed by atoms with Crippen LogP contribution in [0.15, 0.2) is 24.3 Å². The van der Waals surface area contributed by atoms with Gasteiger partial charge in [0.05, 0.1) is 18.4 Å². The van der Waals surface area contributed by atoms with Crippen LogP contribution in [0.4, 0.5) is 5.69 Å². The van der Waals surface area contributed by atoms with Crippen LogP contribution in [0.25, 0.3) is 0 Å². The summed E-state index contributed by atoms with van der Waals surface area (Å²) < 4.78 is 4.73. The van der Waals surface area contributed by atoms with Crippen LogP contribution in [-0.2, 0) is 14.3 Å². The number of benzene rings is 1. The zero-order valence-corrected chi connectivity index (χ0v) is 11.7. The van der Waals surface area contributed by atoms with E-state index in [0.29, 0.717) is 18.7 Å². The molecule has 1 aromatic rings. The molecule has 1 heterocycles. The first-order chi connectivity index (χ1) is 9.95. The molecule has 0 spiro atoms. The molecule has 1 aromatic carbocycles. The third-order valence-electron chi connectivity index (χ3n) is 3.80. The van der Waals surface area contributed by atoms with E-state index >= 15 is 0 Å². The summed E-state index contributed by atoms with van der Waals surface area (Å²) in [4.78, 5) is 37.1. The van der Waals surface area contributed by atoms with Crippen LogP contribution in [0, 0.1) is 0 Å². The Morgan fingerprint density at radius 3 is 2.38 bits per heavy atom. The number of nitrogens with zero attached hydrogens (tertiary/aromatic N) is 1. The second-order valence-corrected chi connectivity index (χ2v) is 4.85. The molecule has 1 fully saturated rings. The average molecular weight is 291 g/mol. The highest BCUT2D eigenvalue weighted by Crippen LogP contribution is 2.36. The smallest absolute Gasteiger partial charge is 0.339 e. The quantitative estimate of drug-likeness (QED) is 0.588. The number of methoxy groups -OCH3 is 1. The van der Waals surface area contributed by atoms with E-state index in [4.69, 9.17) is 16.2 Å². The van der Waals surface area contributed by atoms with Crippen molar-refractivity contribution in [2.24, 2.45) is 11.5 Å². The Labute approximate surface area is 121 Å². The molecular weight excluding hydrogens is 274 g/mol. The maximum Gasteiger partial charge on any atom is 0.339 e. The van der Waals surface area contributed by atoms with Crippen molar-refractivity contribution >= 4 is 23.5 Å². The molecule has 0 saturated carbocycles. The number of carbonyl (C=O) groups is 3. The topological polar surface area (TPSA) is 116 Å². The van der Waals surface area contributed by atoms with E-state index in [2.05, 4.69) is 0 Å². The zero-order chi connectivity index (χ0) is 15.6. The number of primary amides is 2. The molecule has 112 valence electrons. The Morgan fingerprint density at radius 2 is 1.81 bits per heavy atom. The number of amides is 2. The minimum Gasteiger partial charge on any atom is -0.465 e. The van der Waals surface area contributed by atoms with Crippen molar-refractivity contribution in [3.63, 3.8) is 0 Å². The Hall–Kier alpha value is -2.57. The van der Waals surface area contributed by atoms with Gasteiger partial charge in [0, 0.05) is 6.54 Å². The predicted octanol–water partition coefficient (Wildman–Crippen LogP) is -0.217.